The number of hydrogen-bond acceptors (Lipinski definition) is 2. The minimum absolute atomic E-state index is 0. The van der Waals surface area contributed by atoms with Crippen molar-refractivity contribution in [2.45, 2.75) is 71.4 Å². The minimum atomic E-state index is -0.409. The van der Waals surface area contributed by atoms with Gasteiger partial charge in [0, 0.05) is 6.07 Å². The van der Waals surface area contributed by atoms with Crippen LogP contribution in [0.15, 0.2) is 24.5 Å². The Balaban J connectivity index is 0.00000484. The normalized spacial score (nSPS) is 10.3. The van der Waals surface area contributed by atoms with Crippen LogP contribution in [0.1, 0.15) is 75.1 Å². The number of amides is 1. The molecule has 0 bridgehead atoms. The molecule has 0 spiro atoms. The first-order chi connectivity index (χ1) is 10.7. The molecule has 1 heterocycles. The summed E-state index contributed by atoms with van der Waals surface area (Å²) in [5, 5.41) is 0. The zero-order valence-electron chi connectivity index (χ0n) is 14.3. The van der Waals surface area contributed by atoms with Crippen LogP contribution in [-0.4, -0.2) is 12.5 Å². The van der Waals surface area contributed by atoms with Crippen molar-refractivity contribution in [1.29, 1.82) is 0 Å². The highest BCUT2D eigenvalue weighted by atomic mass is 35.5. The van der Waals surface area contributed by atoms with E-state index in [2.05, 4.69) is 6.92 Å². The maximum atomic E-state index is 11.1. The van der Waals surface area contributed by atoms with Gasteiger partial charge in [-0.05, 0) is 12.5 Å². The Morgan fingerprint density at radius 1 is 1.09 bits per heavy atom. The standard InChI is InChI=1S/C18H30N2O2.ClH/c1-2-3-4-5-6-7-8-9-10-14-22-16-20-13-11-12-17(15-20)18(19)21;/h11-13,15H,2-10,14,16H2,1H3,(H-,19,21);1H. The van der Waals surface area contributed by atoms with Gasteiger partial charge in [0.2, 0.25) is 0 Å². The highest BCUT2D eigenvalue weighted by Gasteiger charge is 2.06. The summed E-state index contributed by atoms with van der Waals surface area (Å²) < 4.78 is 7.47. The third-order valence-corrected chi connectivity index (χ3v) is 3.78. The molecule has 23 heavy (non-hydrogen) atoms. The van der Waals surface area contributed by atoms with Gasteiger partial charge in [0.1, 0.15) is 5.56 Å². The van der Waals surface area contributed by atoms with Gasteiger partial charge in [-0.3, -0.25) is 4.79 Å². The summed E-state index contributed by atoms with van der Waals surface area (Å²) in [6.07, 6.45) is 15.4. The van der Waals surface area contributed by atoms with Gasteiger partial charge in [-0.2, -0.15) is 4.57 Å². The van der Waals surface area contributed by atoms with E-state index in [9.17, 15) is 4.79 Å². The number of nitrogens with two attached hydrogens (primary N) is 1. The highest BCUT2D eigenvalue weighted by molar-refractivity contribution is 5.92. The van der Waals surface area contributed by atoms with Crippen LogP contribution in [0.2, 0.25) is 0 Å². The minimum Gasteiger partial charge on any atom is -1.00 e. The molecule has 0 saturated carbocycles. The summed E-state index contributed by atoms with van der Waals surface area (Å²) in [4.78, 5) is 11.1. The number of halogens is 1. The van der Waals surface area contributed by atoms with E-state index in [0.717, 1.165) is 13.0 Å². The van der Waals surface area contributed by atoms with Crippen molar-refractivity contribution in [2.24, 2.45) is 5.73 Å². The summed E-state index contributed by atoms with van der Waals surface area (Å²) in [5.41, 5.74) is 5.76. The molecule has 0 radical (unpaired) electrons. The average Bonchev–Trinajstić information content (AvgIpc) is 2.53. The summed E-state index contributed by atoms with van der Waals surface area (Å²) in [7, 11) is 0. The summed E-state index contributed by atoms with van der Waals surface area (Å²) in [6, 6.07) is 3.52. The van der Waals surface area contributed by atoms with Crippen molar-refractivity contribution in [1.82, 2.24) is 0 Å². The Bertz CT molecular complexity index is 427. The molecule has 1 aromatic rings. The van der Waals surface area contributed by atoms with E-state index in [0.29, 0.717) is 12.3 Å². The van der Waals surface area contributed by atoms with E-state index in [-0.39, 0.29) is 12.4 Å². The number of nitrogens with zero attached hydrogens (tertiary/aromatic N) is 1. The van der Waals surface area contributed by atoms with Crippen molar-refractivity contribution in [3.63, 3.8) is 0 Å². The molecule has 132 valence electrons. The lowest BCUT2D eigenvalue weighted by Crippen LogP contribution is -3.00. The fraction of sp³-hybridized carbons (Fsp3) is 0.667. The number of primary amides is 1. The first-order valence-corrected chi connectivity index (χ1v) is 8.60. The summed E-state index contributed by atoms with van der Waals surface area (Å²) in [5.74, 6) is -0.409. The second-order valence-electron chi connectivity index (χ2n) is 5.84. The molecule has 2 N–H and O–H groups in total. The van der Waals surface area contributed by atoms with Crippen LogP contribution in [0.5, 0.6) is 0 Å². The molecule has 5 heteroatoms. The van der Waals surface area contributed by atoms with Crippen LogP contribution in [0.3, 0.4) is 0 Å². The van der Waals surface area contributed by atoms with Crippen molar-refractivity contribution >= 4 is 5.91 Å². The third-order valence-electron chi connectivity index (χ3n) is 3.78. The second-order valence-corrected chi connectivity index (χ2v) is 5.84. The predicted molar refractivity (Wildman–Crippen MR) is 88.3 cm³/mol. The van der Waals surface area contributed by atoms with Crippen LogP contribution in [-0.2, 0) is 11.5 Å². The monoisotopic (exact) mass is 342 g/mol. The van der Waals surface area contributed by atoms with Crippen LogP contribution in [0.4, 0.5) is 0 Å². The first-order valence-electron chi connectivity index (χ1n) is 8.60. The van der Waals surface area contributed by atoms with Gasteiger partial charge in [0.05, 0.1) is 6.61 Å². The number of unbranched alkanes of at least 4 members (excludes halogenated alkanes) is 8. The fourth-order valence-electron chi connectivity index (χ4n) is 2.43. The van der Waals surface area contributed by atoms with Gasteiger partial charge in [-0.25, -0.2) is 0 Å². The number of rotatable bonds is 13. The molecule has 0 saturated heterocycles. The zero-order chi connectivity index (χ0) is 16.0. The van der Waals surface area contributed by atoms with E-state index in [1.54, 1.807) is 12.3 Å². The highest BCUT2D eigenvalue weighted by Crippen LogP contribution is 2.09. The largest absolute Gasteiger partial charge is 1.00 e. The Morgan fingerprint density at radius 3 is 2.30 bits per heavy atom. The van der Waals surface area contributed by atoms with Crippen molar-refractivity contribution in [2.75, 3.05) is 6.61 Å². The Labute approximate surface area is 146 Å². The second kappa shape index (κ2) is 14.5. The first kappa shape index (κ1) is 21.9. The molecule has 0 fully saturated rings. The summed E-state index contributed by atoms with van der Waals surface area (Å²) in [6.45, 7) is 3.49. The lowest BCUT2D eigenvalue weighted by molar-refractivity contribution is -0.732. The topological polar surface area (TPSA) is 56.2 Å². The van der Waals surface area contributed by atoms with Crippen LogP contribution in [0.25, 0.3) is 0 Å². The number of pyridine rings is 1. The molecule has 1 aromatic heterocycles. The molecule has 0 aliphatic carbocycles. The zero-order valence-corrected chi connectivity index (χ0v) is 15.1. The molecule has 0 atom stereocenters. The predicted octanol–water partition coefficient (Wildman–Crippen LogP) is 0.582. The molecule has 1 amide bonds. The molecule has 4 nitrogen and oxygen atoms in total. The van der Waals surface area contributed by atoms with Crippen molar-refractivity contribution < 1.29 is 26.5 Å². The number of hydrogen-bond donors (Lipinski definition) is 1. The van der Waals surface area contributed by atoms with E-state index in [1.165, 1.54) is 51.4 Å². The Morgan fingerprint density at radius 2 is 1.70 bits per heavy atom. The van der Waals surface area contributed by atoms with Crippen LogP contribution < -0.4 is 22.7 Å². The lowest BCUT2D eigenvalue weighted by Gasteiger charge is -2.03. The van der Waals surface area contributed by atoms with Gasteiger partial charge in [-0.15, -0.1) is 0 Å². The maximum Gasteiger partial charge on any atom is 0.254 e. The maximum absolute atomic E-state index is 11.1. The third kappa shape index (κ3) is 11.1. The number of carbonyl (C=O) groups excluding carboxylic acids is 1. The Hall–Kier alpha value is -1.13. The lowest BCUT2D eigenvalue weighted by atomic mass is 10.1. The molecule has 0 unspecified atom stereocenters. The fourth-order valence-corrected chi connectivity index (χ4v) is 2.43. The van der Waals surface area contributed by atoms with Crippen LogP contribution >= 0.6 is 0 Å². The van der Waals surface area contributed by atoms with Gasteiger partial charge in [0.25, 0.3) is 12.6 Å². The molecule has 0 aliphatic heterocycles. The summed E-state index contributed by atoms with van der Waals surface area (Å²) >= 11 is 0. The quantitative estimate of drug-likeness (QED) is 0.421. The van der Waals surface area contributed by atoms with Gasteiger partial charge >= 0.3 is 0 Å². The van der Waals surface area contributed by atoms with E-state index in [4.69, 9.17) is 10.5 Å². The number of ether oxygens (including phenoxy) is 1. The van der Waals surface area contributed by atoms with E-state index in [1.807, 2.05) is 16.8 Å². The van der Waals surface area contributed by atoms with Crippen LogP contribution in [0, 0.1) is 0 Å². The van der Waals surface area contributed by atoms with Gasteiger partial charge in [-0.1, -0.05) is 58.3 Å². The molecular weight excluding hydrogens is 312 g/mol. The van der Waals surface area contributed by atoms with Gasteiger partial charge < -0.3 is 22.9 Å². The van der Waals surface area contributed by atoms with Gasteiger partial charge in [0.15, 0.2) is 12.4 Å². The average molecular weight is 343 g/mol. The Kier molecular flexibility index (Phi) is 13.8. The molecular formula is C18H31ClN2O2. The molecule has 0 aliphatic rings. The number of carbonyl (C=O) groups is 1. The SMILES string of the molecule is CCCCCCCCCCCOC[n+]1cccc(C(N)=O)c1.[Cl-]. The molecule has 1 rings (SSSR count). The van der Waals surface area contributed by atoms with E-state index < -0.39 is 5.91 Å². The number of aromatic nitrogens is 1. The van der Waals surface area contributed by atoms with Crippen molar-refractivity contribution in [3.05, 3.63) is 30.1 Å². The smallest absolute Gasteiger partial charge is 0.254 e. The molecule has 0 aromatic carbocycles. The van der Waals surface area contributed by atoms with E-state index >= 15 is 0 Å². The van der Waals surface area contributed by atoms with Crippen molar-refractivity contribution in [3.8, 4) is 0 Å².